The van der Waals surface area contributed by atoms with E-state index >= 15 is 0 Å². The molecule has 7 nitrogen and oxygen atoms in total. The van der Waals surface area contributed by atoms with Gasteiger partial charge in [-0.15, -0.1) is 12.4 Å². The standard InChI is InChI=1S/C20H30N6OS.ClH/c1-25-9-11-26(12-10-25)8-5-13-28-20-23-18(21)16(19(22)24-20)14-15-6-3-4-7-17(15)27-2;/h3-4,6-7H,5,8-14H2,1-2H3,(H4,21,22,23,24);1H. The fourth-order valence-electron chi connectivity index (χ4n) is 3.31. The third-order valence-electron chi connectivity index (χ3n) is 5.06. The molecule has 29 heavy (non-hydrogen) atoms. The average molecular weight is 439 g/mol. The number of piperazine rings is 1. The Balaban J connectivity index is 0.00000300. The van der Waals surface area contributed by atoms with E-state index in [9.17, 15) is 0 Å². The first-order valence-corrected chi connectivity index (χ1v) is 10.6. The Morgan fingerprint density at radius 2 is 1.72 bits per heavy atom. The normalized spacial score (nSPS) is 15.1. The first kappa shape index (κ1) is 23.5. The molecular weight excluding hydrogens is 408 g/mol. The number of thioether (sulfide) groups is 1. The molecule has 0 unspecified atom stereocenters. The molecule has 0 atom stereocenters. The second-order valence-electron chi connectivity index (χ2n) is 7.09. The molecule has 4 N–H and O–H groups in total. The monoisotopic (exact) mass is 438 g/mol. The molecule has 3 rings (SSSR count). The van der Waals surface area contributed by atoms with Gasteiger partial charge in [0, 0.05) is 43.9 Å². The van der Waals surface area contributed by atoms with Crippen LogP contribution >= 0.6 is 24.2 Å². The predicted molar refractivity (Wildman–Crippen MR) is 123 cm³/mol. The Hall–Kier alpha value is -1.74. The first-order valence-electron chi connectivity index (χ1n) is 9.64. The van der Waals surface area contributed by atoms with Crippen LogP contribution in [0.3, 0.4) is 0 Å². The van der Waals surface area contributed by atoms with Gasteiger partial charge in [0.25, 0.3) is 0 Å². The number of halogens is 1. The largest absolute Gasteiger partial charge is 0.496 e. The van der Waals surface area contributed by atoms with Crippen molar-refractivity contribution < 1.29 is 4.74 Å². The molecule has 0 saturated carbocycles. The van der Waals surface area contributed by atoms with Crippen molar-refractivity contribution in [1.82, 2.24) is 19.8 Å². The first-order chi connectivity index (χ1) is 13.6. The number of benzene rings is 1. The van der Waals surface area contributed by atoms with Gasteiger partial charge in [0.2, 0.25) is 0 Å². The number of nitrogen functional groups attached to an aromatic ring is 2. The highest BCUT2D eigenvalue weighted by Gasteiger charge is 2.15. The van der Waals surface area contributed by atoms with Crippen LogP contribution in [0.5, 0.6) is 5.75 Å². The number of nitrogens with zero attached hydrogens (tertiary/aromatic N) is 4. The Labute approximate surface area is 183 Å². The van der Waals surface area contributed by atoms with Gasteiger partial charge >= 0.3 is 0 Å². The van der Waals surface area contributed by atoms with Crippen LogP contribution in [0.2, 0.25) is 0 Å². The van der Waals surface area contributed by atoms with Crippen molar-refractivity contribution >= 4 is 35.8 Å². The van der Waals surface area contributed by atoms with Crippen LogP contribution in [-0.2, 0) is 6.42 Å². The number of anilines is 2. The Morgan fingerprint density at radius 1 is 1.07 bits per heavy atom. The molecule has 0 bridgehead atoms. The summed E-state index contributed by atoms with van der Waals surface area (Å²) in [6.07, 6.45) is 1.65. The van der Waals surface area contributed by atoms with E-state index in [1.54, 1.807) is 18.9 Å². The lowest BCUT2D eigenvalue weighted by Crippen LogP contribution is -2.44. The number of hydrogen-bond donors (Lipinski definition) is 2. The maximum Gasteiger partial charge on any atom is 0.191 e. The Bertz CT molecular complexity index is 762. The lowest BCUT2D eigenvalue weighted by Gasteiger charge is -2.32. The van der Waals surface area contributed by atoms with E-state index in [0.29, 0.717) is 23.2 Å². The van der Waals surface area contributed by atoms with Crippen molar-refractivity contribution in [1.29, 1.82) is 0 Å². The van der Waals surface area contributed by atoms with Crippen molar-refractivity contribution in [3.63, 3.8) is 0 Å². The second-order valence-corrected chi connectivity index (χ2v) is 8.15. The van der Waals surface area contributed by atoms with Gasteiger partial charge in [-0.1, -0.05) is 30.0 Å². The molecule has 2 aromatic rings. The van der Waals surface area contributed by atoms with Crippen molar-refractivity contribution in [3.8, 4) is 5.75 Å². The van der Waals surface area contributed by atoms with Gasteiger partial charge in [0.05, 0.1) is 7.11 Å². The summed E-state index contributed by atoms with van der Waals surface area (Å²) >= 11 is 1.62. The smallest absolute Gasteiger partial charge is 0.191 e. The van der Waals surface area contributed by atoms with Crippen LogP contribution in [0.4, 0.5) is 11.6 Å². The number of ether oxygens (including phenoxy) is 1. The van der Waals surface area contributed by atoms with Crippen LogP contribution in [0.15, 0.2) is 29.4 Å². The van der Waals surface area contributed by atoms with Crippen molar-refractivity contribution in [3.05, 3.63) is 35.4 Å². The van der Waals surface area contributed by atoms with E-state index in [-0.39, 0.29) is 12.4 Å². The molecule has 1 fully saturated rings. The highest BCUT2D eigenvalue weighted by atomic mass is 35.5. The fourth-order valence-corrected chi connectivity index (χ4v) is 4.09. The minimum atomic E-state index is 0. The van der Waals surface area contributed by atoms with Gasteiger partial charge in [-0.25, -0.2) is 9.97 Å². The molecule has 1 saturated heterocycles. The molecule has 0 spiro atoms. The topological polar surface area (TPSA) is 93.5 Å². The quantitative estimate of drug-likeness (QED) is 0.368. The number of hydrogen-bond acceptors (Lipinski definition) is 8. The predicted octanol–water partition coefficient (Wildman–Crippen LogP) is 2.39. The summed E-state index contributed by atoms with van der Waals surface area (Å²) in [5.41, 5.74) is 14.2. The minimum absolute atomic E-state index is 0. The van der Waals surface area contributed by atoms with Crippen LogP contribution in [0, 0.1) is 0 Å². The molecule has 1 aromatic heterocycles. The zero-order valence-corrected chi connectivity index (χ0v) is 18.8. The molecular formula is C20H31ClN6OS. The SMILES string of the molecule is COc1ccccc1Cc1c(N)nc(SCCCN2CCN(C)CC2)nc1N.Cl. The number of aromatic nitrogens is 2. The van der Waals surface area contributed by atoms with Gasteiger partial charge in [0.1, 0.15) is 17.4 Å². The number of para-hydroxylation sites is 1. The van der Waals surface area contributed by atoms with Gasteiger partial charge in [-0.05, 0) is 31.6 Å². The van der Waals surface area contributed by atoms with Gasteiger partial charge in [0.15, 0.2) is 5.16 Å². The van der Waals surface area contributed by atoms with Gasteiger partial charge < -0.3 is 26.0 Å². The molecule has 9 heteroatoms. The summed E-state index contributed by atoms with van der Waals surface area (Å²) in [4.78, 5) is 13.8. The third-order valence-corrected chi connectivity index (χ3v) is 5.99. The number of nitrogens with two attached hydrogens (primary N) is 2. The average Bonchev–Trinajstić information content (AvgIpc) is 2.69. The van der Waals surface area contributed by atoms with Crippen LogP contribution in [0.25, 0.3) is 0 Å². The van der Waals surface area contributed by atoms with Crippen LogP contribution in [0.1, 0.15) is 17.5 Å². The molecule has 0 radical (unpaired) electrons. The Kier molecular flexibility index (Phi) is 9.29. The second kappa shape index (κ2) is 11.4. The molecule has 160 valence electrons. The molecule has 1 aliphatic heterocycles. The summed E-state index contributed by atoms with van der Waals surface area (Å²) < 4.78 is 5.41. The summed E-state index contributed by atoms with van der Waals surface area (Å²) in [6.45, 7) is 5.70. The molecule has 0 aliphatic carbocycles. The number of likely N-dealkylation sites (N-methyl/N-ethyl adjacent to an activating group) is 1. The molecule has 0 amide bonds. The van der Waals surface area contributed by atoms with E-state index in [2.05, 4.69) is 26.8 Å². The number of methoxy groups -OCH3 is 1. The summed E-state index contributed by atoms with van der Waals surface area (Å²) in [6, 6.07) is 7.83. The lowest BCUT2D eigenvalue weighted by atomic mass is 10.1. The highest BCUT2D eigenvalue weighted by molar-refractivity contribution is 7.99. The lowest BCUT2D eigenvalue weighted by molar-refractivity contribution is 0.154. The van der Waals surface area contributed by atoms with E-state index < -0.39 is 0 Å². The van der Waals surface area contributed by atoms with Crippen molar-refractivity contribution in [2.24, 2.45) is 0 Å². The maximum atomic E-state index is 6.20. The molecule has 1 aromatic carbocycles. The molecule has 2 heterocycles. The zero-order valence-electron chi connectivity index (χ0n) is 17.1. The van der Waals surface area contributed by atoms with E-state index in [1.807, 2.05) is 24.3 Å². The number of rotatable bonds is 8. The summed E-state index contributed by atoms with van der Waals surface area (Å²) in [7, 11) is 3.83. The van der Waals surface area contributed by atoms with E-state index in [1.165, 1.54) is 0 Å². The van der Waals surface area contributed by atoms with Crippen LogP contribution < -0.4 is 16.2 Å². The van der Waals surface area contributed by atoms with Gasteiger partial charge in [-0.3, -0.25) is 0 Å². The van der Waals surface area contributed by atoms with E-state index in [0.717, 1.165) is 61.8 Å². The highest BCUT2D eigenvalue weighted by Crippen LogP contribution is 2.27. The maximum absolute atomic E-state index is 6.20. The summed E-state index contributed by atoms with van der Waals surface area (Å²) in [5.74, 6) is 2.65. The van der Waals surface area contributed by atoms with Crippen molar-refractivity contribution in [2.45, 2.75) is 18.0 Å². The fraction of sp³-hybridized carbons (Fsp3) is 0.500. The Morgan fingerprint density at radius 3 is 2.38 bits per heavy atom. The van der Waals surface area contributed by atoms with Crippen molar-refractivity contribution in [2.75, 3.05) is 64.1 Å². The van der Waals surface area contributed by atoms with Gasteiger partial charge in [-0.2, -0.15) is 0 Å². The minimum Gasteiger partial charge on any atom is -0.496 e. The zero-order chi connectivity index (χ0) is 19.9. The van der Waals surface area contributed by atoms with E-state index in [4.69, 9.17) is 16.2 Å². The van der Waals surface area contributed by atoms with Crippen LogP contribution in [-0.4, -0.2) is 72.4 Å². The molecule has 1 aliphatic rings. The third kappa shape index (κ3) is 6.64. The summed E-state index contributed by atoms with van der Waals surface area (Å²) in [5, 5.41) is 0.650.